The van der Waals surface area contributed by atoms with Crippen molar-refractivity contribution in [1.29, 1.82) is 0 Å². The minimum Gasteiger partial charge on any atom is -0.489 e. The van der Waals surface area contributed by atoms with Crippen LogP contribution in [0.5, 0.6) is 5.75 Å². The van der Waals surface area contributed by atoms with E-state index in [4.69, 9.17) is 4.74 Å². The molecule has 0 aromatic heterocycles. The number of rotatable bonds is 0. The Morgan fingerprint density at radius 3 is 2.95 bits per heavy atom. The standard InChI is InChI=1S/C16H17NO3/c1-9-3-2-4-11-14(9)16(19)15-10-5-6-13(18)17(10)8-7-12(15)20-11/h2-4,10,12,15H,5-8H2,1H3/t10-,12+,15-/m1/s1. The van der Waals surface area contributed by atoms with Crippen molar-refractivity contribution in [3.05, 3.63) is 29.3 Å². The molecule has 104 valence electrons. The highest BCUT2D eigenvalue weighted by Crippen LogP contribution is 2.42. The number of Topliss-reactive ketones (excluding diaryl/α,β-unsaturated/α-hetero) is 1. The van der Waals surface area contributed by atoms with Crippen molar-refractivity contribution in [2.24, 2.45) is 5.92 Å². The third kappa shape index (κ3) is 1.48. The SMILES string of the molecule is Cc1cccc2c1C(=O)[C@H]1[C@H](CCN3C(=O)CC[C@H]13)O2. The molecule has 0 spiro atoms. The normalized spacial score (nSPS) is 31.4. The fourth-order valence-corrected chi connectivity index (χ4v) is 3.97. The average Bonchev–Trinajstić information content (AvgIpc) is 2.80. The summed E-state index contributed by atoms with van der Waals surface area (Å²) < 4.78 is 6.07. The van der Waals surface area contributed by atoms with E-state index in [9.17, 15) is 9.59 Å². The largest absolute Gasteiger partial charge is 0.489 e. The molecule has 4 rings (SSSR count). The molecule has 1 aromatic rings. The Morgan fingerprint density at radius 2 is 2.10 bits per heavy atom. The van der Waals surface area contributed by atoms with E-state index in [1.165, 1.54) is 0 Å². The third-order valence-electron chi connectivity index (χ3n) is 4.91. The second-order valence-corrected chi connectivity index (χ2v) is 5.98. The van der Waals surface area contributed by atoms with E-state index in [0.717, 1.165) is 30.5 Å². The summed E-state index contributed by atoms with van der Waals surface area (Å²) in [7, 11) is 0. The van der Waals surface area contributed by atoms with Gasteiger partial charge in [-0.2, -0.15) is 0 Å². The molecule has 3 aliphatic heterocycles. The topological polar surface area (TPSA) is 46.6 Å². The van der Waals surface area contributed by atoms with Crippen LogP contribution >= 0.6 is 0 Å². The molecule has 0 bridgehead atoms. The van der Waals surface area contributed by atoms with Crippen LogP contribution in [0.4, 0.5) is 0 Å². The number of hydrogen-bond donors (Lipinski definition) is 0. The number of aryl methyl sites for hydroxylation is 1. The van der Waals surface area contributed by atoms with Crippen LogP contribution in [-0.2, 0) is 4.79 Å². The number of hydrogen-bond acceptors (Lipinski definition) is 3. The fraction of sp³-hybridized carbons (Fsp3) is 0.500. The molecule has 0 unspecified atom stereocenters. The van der Waals surface area contributed by atoms with Gasteiger partial charge in [0.25, 0.3) is 0 Å². The molecule has 0 radical (unpaired) electrons. The van der Waals surface area contributed by atoms with Gasteiger partial charge in [-0.1, -0.05) is 12.1 Å². The van der Waals surface area contributed by atoms with E-state index >= 15 is 0 Å². The highest BCUT2D eigenvalue weighted by Gasteiger charge is 2.50. The molecule has 1 amide bonds. The molecule has 3 aliphatic rings. The Balaban J connectivity index is 1.78. The first kappa shape index (κ1) is 11.9. The Hall–Kier alpha value is -1.84. The number of benzene rings is 1. The molecule has 0 aliphatic carbocycles. The molecule has 0 saturated carbocycles. The summed E-state index contributed by atoms with van der Waals surface area (Å²) in [4.78, 5) is 26.7. The van der Waals surface area contributed by atoms with Gasteiger partial charge in [0.1, 0.15) is 11.9 Å². The molecule has 4 nitrogen and oxygen atoms in total. The van der Waals surface area contributed by atoms with Crippen LogP contribution in [0.3, 0.4) is 0 Å². The number of carbonyl (C=O) groups is 2. The smallest absolute Gasteiger partial charge is 0.222 e. The molecular weight excluding hydrogens is 254 g/mol. The Kier molecular flexibility index (Phi) is 2.43. The van der Waals surface area contributed by atoms with Crippen LogP contribution in [-0.4, -0.2) is 35.3 Å². The minimum atomic E-state index is -0.177. The first-order chi connectivity index (χ1) is 9.66. The fourth-order valence-electron chi connectivity index (χ4n) is 3.97. The molecule has 3 heterocycles. The minimum absolute atomic E-state index is 0.0431. The number of piperidine rings is 1. The van der Waals surface area contributed by atoms with E-state index < -0.39 is 0 Å². The molecule has 2 fully saturated rings. The summed E-state index contributed by atoms with van der Waals surface area (Å²) in [6.07, 6.45) is 2.05. The summed E-state index contributed by atoms with van der Waals surface area (Å²) in [5.74, 6) is 0.897. The van der Waals surface area contributed by atoms with Gasteiger partial charge in [-0.3, -0.25) is 9.59 Å². The van der Waals surface area contributed by atoms with Gasteiger partial charge in [-0.05, 0) is 25.0 Å². The quantitative estimate of drug-likeness (QED) is 0.724. The molecule has 0 N–H and O–H groups in total. The zero-order chi connectivity index (χ0) is 13.9. The highest BCUT2D eigenvalue weighted by atomic mass is 16.5. The van der Waals surface area contributed by atoms with Crippen LogP contribution in [0.1, 0.15) is 35.2 Å². The third-order valence-corrected chi connectivity index (χ3v) is 4.91. The lowest BCUT2D eigenvalue weighted by atomic mass is 9.78. The monoisotopic (exact) mass is 271 g/mol. The van der Waals surface area contributed by atoms with Crippen LogP contribution < -0.4 is 4.74 Å². The maximum Gasteiger partial charge on any atom is 0.222 e. The van der Waals surface area contributed by atoms with Gasteiger partial charge in [0.05, 0.1) is 11.5 Å². The zero-order valence-electron chi connectivity index (χ0n) is 11.5. The number of amides is 1. The van der Waals surface area contributed by atoms with Crippen molar-refractivity contribution in [3.63, 3.8) is 0 Å². The van der Waals surface area contributed by atoms with Crippen molar-refractivity contribution in [2.45, 2.75) is 38.3 Å². The summed E-state index contributed by atoms with van der Waals surface area (Å²) in [5, 5.41) is 0. The summed E-state index contributed by atoms with van der Waals surface area (Å²) >= 11 is 0. The summed E-state index contributed by atoms with van der Waals surface area (Å²) in [5.41, 5.74) is 1.68. The van der Waals surface area contributed by atoms with E-state index in [1.54, 1.807) is 0 Å². The van der Waals surface area contributed by atoms with Gasteiger partial charge in [0, 0.05) is 25.4 Å². The first-order valence-corrected chi connectivity index (χ1v) is 7.27. The summed E-state index contributed by atoms with van der Waals surface area (Å²) in [6.45, 7) is 2.67. The molecule has 4 heteroatoms. The second kappa shape index (κ2) is 4.08. The van der Waals surface area contributed by atoms with Gasteiger partial charge in [-0.25, -0.2) is 0 Å². The van der Waals surface area contributed by atoms with Crippen LogP contribution in [0, 0.1) is 12.8 Å². The number of ketones is 1. The van der Waals surface area contributed by atoms with Gasteiger partial charge in [0.2, 0.25) is 5.91 Å². The Bertz CT molecular complexity index is 610. The first-order valence-electron chi connectivity index (χ1n) is 7.27. The van der Waals surface area contributed by atoms with E-state index in [2.05, 4.69) is 0 Å². The van der Waals surface area contributed by atoms with Gasteiger partial charge >= 0.3 is 0 Å². The Morgan fingerprint density at radius 1 is 1.25 bits per heavy atom. The lowest BCUT2D eigenvalue weighted by Gasteiger charge is -2.44. The number of nitrogens with zero attached hydrogens (tertiary/aromatic N) is 1. The van der Waals surface area contributed by atoms with E-state index in [1.807, 2.05) is 30.0 Å². The predicted molar refractivity (Wildman–Crippen MR) is 72.8 cm³/mol. The van der Waals surface area contributed by atoms with Crippen LogP contribution in [0.2, 0.25) is 0 Å². The molecular formula is C16H17NO3. The van der Waals surface area contributed by atoms with Crippen molar-refractivity contribution >= 4 is 11.7 Å². The van der Waals surface area contributed by atoms with Crippen molar-refractivity contribution in [3.8, 4) is 5.75 Å². The molecule has 2 saturated heterocycles. The lowest BCUT2D eigenvalue weighted by molar-refractivity contribution is -0.131. The highest BCUT2D eigenvalue weighted by molar-refractivity contribution is 6.04. The predicted octanol–water partition coefficient (Wildman–Crippen LogP) is 1.95. The van der Waals surface area contributed by atoms with Crippen molar-refractivity contribution in [1.82, 2.24) is 4.90 Å². The van der Waals surface area contributed by atoms with E-state index in [-0.39, 0.29) is 29.8 Å². The summed E-state index contributed by atoms with van der Waals surface area (Å²) in [6, 6.07) is 5.79. The van der Waals surface area contributed by atoms with Crippen molar-refractivity contribution in [2.75, 3.05) is 6.54 Å². The molecule has 20 heavy (non-hydrogen) atoms. The Labute approximate surface area is 117 Å². The molecule has 1 aromatic carbocycles. The number of ether oxygens (including phenoxy) is 1. The van der Waals surface area contributed by atoms with Gasteiger partial charge < -0.3 is 9.64 Å². The average molecular weight is 271 g/mol. The molecule has 3 atom stereocenters. The van der Waals surface area contributed by atoms with E-state index in [0.29, 0.717) is 12.2 Å². The lowest BCUT2D eigenvalue weighted by Crippen LogP contribution is -2.55. The number of fused-ring (bicyclic) bond motifs is 4. The number of carbonyl (C=O) groups excluding carboxylic acids is 2. The van der Waals surface area contributed by atoms with Crippen molar-refractivity contribution < 1.29 is 14.3 Å². The van der Waals surface area contributed by atoms with Crippen LogP contribution in [0.25, 0.3) is 0 Å². The van der Waals surface area contributed by atoms with Gasteiger partial charge in [0.15, 0.2) is 5.78 Å². The zero-order valence-corrected chi connectivity index (χ0v) is 11.5. The maximum absolute atomic E-state index is 12.9. The van der Waals surface area contributed by atoms with Gasteiger partial charge in [-0.15, -0.1) is 0 Å². The maximum atomic E-state index is 12.9. The van der Waals surface area contributed by atoms with Crippen LogP contribution in [0.15, 0.2) is 18.2 Å². The second-order valence-electron chi connectivity index (χ2n) is 5.98.